The molecule has 0 spiro atoms. The largest absolute Gasteiger partial charge is 0.497 e. The first-order valence-electron chi connectivity index (χ1n) is 6.90. The Labute approximate surface area is 120 Å². The number of hydrogen-bond donors (Lipinski definition) is 2. The summed E-state index contributed by atoms with van der Waals surface area (Å²) in [6, 6.07) is 8.63. The zero-order valence-corrected chi connectivity index (χ0v) is 11.8. The van der Waals surface area contributed by atoms with Crippen molar-refractivity contribution in [2.24, 2.45) is 0 Å². The Hall–Kier alpha value is -1.99. The van der Waals surface area contributed by atoms with Gasteiger partial charge in [0.05, 0.1) is 19.7 Å². The van der Waals surface area contributed by atoms with E-state index in [1.807, 2.05) is 12.1 Å². The maximum atomic E-state index is 11.8. The highest BCUT2D eigenvalue weighted by Crippen LogP contribution is 2.16. The van der Waals surface area contributed by atoms with E-state index in [9.17, 15) is 4.79 Å². The van der Waals surface area contributed by atoms with Crippen LogP contribution in [0, 0.1) is 12.3 Å². The van der Waals surface area contributed by atoms with Crippen LogP contribution in [0.5, 0.6) is 5.75 Å². The van der Waals surface area contributed by atoms with Gasteiger partial charge in [-0.2, -0.15) is 0 Å². The van der Waals surface area contributed by atoms with Crippen LogP contribution in [-0.4, -0.2) is 32.1 Å². The van der Waals surface area contributed by atoms with Crippen LogP contribution in [0.15, 0.2) is 24.3 Å². The summed E-state index contributed by atoms with van der Waals surface area (Å²) in [5, 5.41) is 2.73. The lowest BCUT2D eigenvalue weighted by atomic mass is 10.2. The molecule has 1 aromatic rings. The molecule has 20 heavy (non-hydrogen) atoms. The minimum Gasteiger partial charge on any atom is -0.497 e. The number of benzene rings is 1. The maximum Gasteiger partial charge on any atom is 0.275 e. The normalized spacial score (nSPS) is 15.2. The van der Waals surface area contributed by atoms with Gasteiger partial charge in [-0.25, -0.2) is 0 Å². The van der Waals surface area contributed by atoms with Gasteiger partial charge in [0.2, 0.25) is 0 Å². The van der Waals surface area contributed by atoms with Crippen molar-refractivity contribution in [1.29, 1.82) is 0 Å². The van der Waals surface area contributed by atoms with Gasteiger partial charge in [0.25, 0.3) is 5.91 Å². The molecule has 1 unspecified atom stereocenters. The monoisotopic (exact) mass is 273 g/mol. The van der Waals surface area contributed by atoms with Gasteiger partial charge < -0.3 is 15.0 Å². The zero-order valence-electron chi connectivity index (χ0n) is 11.8. The second-order valence-corrected chi connectivity index (χ2v) is 5.12. The molecule has 4 nitrogen and oxygen atoms in total. The van der Waals surface area contributed by atoms with E-state index in [-0.39, 0.29) is 5.91 Å². The van der Waals surface area contributed by atoms with Crippen molar-refractivity contribution >= 4 is 5.91 Å². The van der Waals surface area contributed by atoms with Crippen molar-refractivity contribution in [2.75, 3.05) is 20.2 Å². The highest BCUT2D eigenvalue weighted by molar-refractivity contribution is 5.77. The molecule has 0 saturated heterocycles. The number of terminal acetylenes is 1. The summed E-state index contributed by atoms with van der Waals surface area (Å²) in [6.07, 6.45) is 7.55. The van der Waals surface area contributed by atoms with Gasteiger partial charge in [-0.15, -0.1) is 6.42 Å². The molecular weight excluding hydrogens is 252 g/mol. The average molecular weight is 273 g/mol. The molecule has 1 fully saturated rings. The van der Waals surface area contributed by atoms with Gasteiger partial charge in [0, 0.05) is 18.4 Å². The van der Waals surface area contributed by atoms with E-state index in [0.29, 0.717) is 19.1 Å². The number of quaternary nitrogens is 1. The molecule has 0 radical (unpaired) electrons. The Kier molecular flexibility index (Phi) is 5.03. The van der Waals surface area contributed by atoms with E-state index >= 15 is 0 Å². The number of carbonyl (C=O) groups is 1. The molecular formula is C16H21N2O2+. The summed E-state index contributed by atoms with van der Waals surface area (Å²) in [6.45, 7) is 1.65. The summed E-state index contributed by atoms with van der Waals surface area (Å²) < 4.78 is 5.15. The first kappa shape index (κ1) is 14.4. The molecule has 2 rings (SSSR count). The lowest BCUT2D eigenvalue weighted by Crippen LogP contribution is -3.13. The van der Waals surface area contributed by atoms with Gasteiger partial charge >= 0.3 is 0 Å². The van der Waals surface area contributed by atoms with E-state index in [1.54, 1.807) is 7.11 Å². The van der Waals surface area contributed by atoms with Gasteiger partial charge in [0.15, 0.2) is 6.54 Å². The van der Waals surface area contributed by atoms with Gasteiger partial charge in [-0.3, -0.25) is 4.79 Å². The predicted octanol–water partition coefficient (Wildman–Crippen LogP) is -0.00810. The first-order valence-corrected chi connectivity index (χ1v) is 6.90. The van der Waals surface area contributed by atoms with E-state index in [0.717, 1.165) is 12.3 Å². The van der Waals surface area contributed by atoms with Crippen LogP contribution in [-0.2, 0) is 11.3 Å². The molecule has 1 aliphatic carbocycles. The summed E-state index contributed by atoms with van der Waals surface area (Å²) >= 11 is 0. The van der Waals surface area contributed by atoms with Crippen molar-refractivity contribution < 1.29 is 14.4 Å². The standard InChI is InChI=1S/C16H20N2O2/c1-3-10-17-16(19)12-18(14-6-7-14)11-13-4-8-15(20-2)9-5-13/h1,4-5,8-9,14H,6-7,10-12H2,2H3,(H,17,19)/p+1. The Balaban J connectivity index is 1.91. The molecule has 0 bridgehead atoms. The van der Waals surface area contributed by atoms with Crippen LogP contribution < -0.4 is 15.0 Å². The molecule has 0 heterocycles. The van der Waals surface area contributed by atoms with Crippen LogP contribution in [0.2, 0.25) is 0 Å². The number of ether oxygens (including phenoxy) is 1. The molecule has 1 atom stereocenters. The van der Waals surface area contributed by atoms with E-state index in [2.05, 4.69) is 23.4 Å². The minimum atomic E-state index is 0.0263. The third kappa shape index (κ3) is 4.29. The lowest BCUT2D eigenvalue weighted by molar-refractivity contribution is -0.917. The van der Waals surface area contributed by atoms with Crippen molar-refractivity contribution in [3.05, 3.63) is 29.8 Å². The fourth-order valence-corrected chi connectivity index (χ4v) is 2.27. The number of carbonyl (C=O) groups excluding carboxylic acids is 1. The van der Waals surface area contributed by atoms with Crippen molar-refractivity contribution in [3.63, 3.8) is 0 Å². The summed E-state index contributed by atoms with van der Waals surface area (Å²) in [5.41, 5.74) is 1.22. The molecule has 1 aliphatic rings. The van der Waals surface area contributed by atoms with Crippen LogP contribution in [0.4, 0.5) is 0 Å². The highest BCUT2D eigenvalue weighted by Gasteiger charge is 2.34. The quantitative estimate of drug-likeness (QED) is 0.686. The second kappa shape index (κ2) is 6.97. The van der Waals surface area contributed by atoms with Crippen LogP contribution in [0.3, 0.4) is 0 Å². The Morgan fingerprint density at radius 2 is 2.15 bits per heavy atom. The molecule has 4 heteroatoms. The number of nitrogens with one attached hydrogen (secondary N) is 2. The van der Waals surface area contributed by atoms with E-state index in [4.69, 9.17) is 11.2 Å². The van der Waals surface area contributed by atoms with E-state index < -0.39 is 0 Å². The highest BCUT2D eigenvalue weighted by atomic mass is 16.5. The molecule has 1 aromatic carbocycles. The lowest BCUT2D eigenvalue weighted by Gasteiger charge is -2.18. The minimum absolute atomic E-state index is 0.0263. The Bertz CT molecular complexity index is 486. The zero-order chi connectivity index (χ0) is 14.4. The fraction of sp³-hybridized carbons (Fsp3) is 0.438. The van der Waals surface area contributed by atoms with Crippen molar-refractivity contribution in [1.82, 2.24) is 5.32 Å². The summed E-state index contributed by atoms with van der Waals surface area (Å²) in [4.78, 5) is 13.1. The van der Waals surface area contributed by atoms with Gasteiger partial charge in [0.1, 0.15) is 12.3 Å². The number of methoxy groups -OCH3 is 1. The molecule has 0 aliphatic heterocycles. The average Bonchev–Trinajstić information content (AvgIpc) is 3.30. The molecule has 0 aromatic heterocycles. The summed E-state index contributed by atoms with van der Waals surface area (Å²) in [5.74, 6) is 3.31. The van der Waals surface area contributed by atoms with Crippen LogP contribution >= 0.6 is 0 Å². The number of rotatable bonds is 7. The topological polar surface area (TPSA) is 42.8 Å². The molecule has 106 valence electrons. The third-order valence-electron chi connectivity index (χ3n) is 3.52. The van der Waals surface area contributed by atoms with Gasteiger partial charge in [-0.05, 0) is 24.3 Å². The first-order chi connectivity index (χ1) is 9.72. The summed E-state index contributed by atoms with van der Waals surface area (Å²) in [7, 11) is 1.66. The second-order valence-electron chi connectivity index (χ2n) is 5.12. The fourth-order valence-electron chi connectivity index (χ4n) is 2.27. The Morgan fingerprint density at radius 1 is 1.45 bits per heavy atom. The SMILES string of the molecule is C#CCNC(=O)C[NH+](Cc1ccc(OC)cc1)C1CC1. The third-order valence-corrected chi connectivity index (χ3v) is 3.52. The van der Waals surface area contributed by atoms with Crippen molar-refractivity contribution in [3.8, 4) is 18.1 Å². The van der Waals surface area contributed by atoms with Gasteiger partial charge in [-0.1, -0.05) is 5.92 Å². The number of amides is 1. The molecule has 1 amide bonds. The Morgan fingerprint density at radius 3 is 2.70 bits per heavy atom. The van der Waals surface area contributed by atoms with E-state index in [1.165, 1.54) is 23.3 Å². The molecule has 1 saturated carbocycles. The predicted molar refractivity (Wildman–Crippen MR) is 77.4 cm³/mol. The van der Waals surface area contributed by atoms with Crippen molar-refractivity contribution in [2.45, 2.75) is 25.4 Å². The maximum absolute atomic E-state index is 11.8. The number of hydrogen-bond acceptors (Lipinski definition) is 2. The smallest absolute Gasteiger partial charge is 0.275 e. The molecule has 2 N–H and O–H groups in total. The van der Waals surface area contributed by atoms with Crippen LogP contribution in [0.25, 0.3) is 0 Å². The van der Waals surface area contributed by atoms with Crippen LogP contribution in [0.1, 0.15) is 18.4 Å².